The molecule has 3 rings (SSSR count). The molecule has 4 heteroatoms. The fourth-order valence-electron chi connectivity index (χ4n) is 3.73. The van der Waals surface area contributed by atoms with E-state index in [1.54, 1.807) is 0 Å². The molecule has 1 aliphatic rings. The van der Waals surface area contributed by atoms with Gasteiger partial charge in [0, 0.05) is 25.2 Å². The average molecular weight is 367 g/mol. The summed E-state index contributed by atoms with van der Waals surface area (Å²) in [6.07, 6.45) is 1.82. The van der Waals surface area contributed by atoms with Gasteiger partial charge in [-0.15, -0.1) is 0 Å². The maximum Gasteiger partial charge on any atom is 0.257 e. The molecule has 27 heavy (non-hydrogen) atoms. The first-order chi connectivity index (χ1) is 13.0. The van der Waals surface area contributed by atoms with Gasteiger partial charge in [0.15, 0.2) is 6.61 Å². The molecule has 4 nitrogen and oxygen atoms in total. The number of hydrogen-bond donors (Lipinski definition) is 1. The molecule has 0 saturated carbocycles. The van der Waals surface area contributed by atoms with Crippen LogP contribution in [0.4, 0.5) is 0 Å². The monoisotopic (exact) mass is 367 g/mol. The molecule has 1 fully saturated rings. The number of carbonyl (C=O) groups is 1. The molecule has 1 saturated heterocycles. The zero-order valence-electron chi connectivity index (χ0n) is 16.5. The van der Waals surface area contributed by atoms with Gasteiger partial charge in [-0.25, -0.2) is 0 Å². The summed E-state index contributed by atoms with van der Waals surface area (Å²) < 4.78 is 11.4. The lowest BCUT2D eigenvalue weighted by Gasteiger charge is -2.38. The molecule has 144 valence electrons. The smallest absolute Gasteiger partial charge is 0.257 e. The number of nitrogens with one attached hydrogen (secondary N) is 1. The van der Waals surface area contributed by atoms with Gasteiger partial charge in [0.1, 0.15) is 5.75 Å². The Bertz CT molecular complexity index is 780. The minimum Gasteiger partial charge on any atom is -0.483 e. The number of amides is 1. The van der Waals surface area contributed by atoms with Crippen LogP contribution in [0.5, 0.6) is 5.75 Å². The summed E-state index contributed by atoms with van der Waals surface area (Å²) in [7, 11) is 0. The van der Waals surface area contributed by atoms with Gasteiger partial charge in [0.2, 0.25) is 0 Å². The molecular formula is C23H29NO3. The van der Waals surface area contributed by atoms with Crippen LogP contribution >= 0.6 is 0 Å². The van der Waals surface area contributed by atoms with E-state index in [2.05, 4.69) is 42.6 Å². The molecule has 1 heterocycles. The third-order valence-electron chi connectivity index (χ3n) is 5.58. The van der Waals surface area contributed by atoms with Gasteiger partial charge in [0.25, 0.3) is 5.91 Å². The van der Waals surface area contributed by atoms with E-state index in [0.29, 0.717) is 6.54 Å². The highest BCUT2D eigenvalue weighted by molar-refractivity contribution is 5.77. The van der Waals surface area contributed by atoms with Gasteiger partial charge in [-0.2, -0.15) is 0 Å². The topological polar surface area (TPSA) is 47.6 Å². The fourth-order valence-corrected chi connectivity index (χ4v) is 3.73. The first kappa shape index (κ1) is 19.4. The Kier molecular flexibility index (Phi) is 6.17. The molecule has 1 N–H and O–H groups in total. The third-order valence-corrected chi connectivity index (χ3v) is 5.58. The molecule has 0 aliphatic carbocycles. The van der Waals surface area contributed by atoms with Crippen molar-refractivity contribution in [1.29, 1.82) is 0 Å². The molecule has 0 aromatic heterocycles. The number of rotatable bonds is 6. The molecule has 1 aliphatic heterocycles. The van der Waals surface area contributed by atoms with Crippen LogP contribution in [-0.2, 0) is 14.9 Å². The maximum atomic E-state index is 12.4. The molecule has 0 atom stereocenters. The number of ether oxygens (including phenoxy) is 2. The van der Waals surface area contributed by atoms with E-state index in [1.165, 1.54) is 11.1 Å². The lowest BCUT2D eigenvalue weighted by atomic mass is 9.74. The van der Waals surface area contributed by atoms with E-state index in [1.807, 2.05) is 26.0 Å². The van der Waals surface area contributed by atoms with Crippen molar-refractivity contribution in [3.05, 3.63) is 64.7 Å². The fraction of sp³-hybridized carbons (Fsp3) is 0.435. The summed E-state index contributed by atoms with van der Waals surface area (Å²) in [5.41, 5.74) is 4.60. The lowest BCUT2D eigenvalue weighted by molar-refractivity contribution is -0.123. The largest absolute Gasteiger partial charge is 0.483 e. The van der Waals surface area contributed by atoms with Crippen molar-refractivity contribution in [3.8, 4) is 5.75 Å². The summed E-state index contributed by atoms with van der Waals surface area (Å²) in [5.74, 6) is 0.696. The van der Waals surface area contributed by atoms with Gasteiger partial charge in [-0.05, 0) is 61.9 Å². The zero-order valence-corrected chi connectivity index (χ0v) is 16.5. The minimum absolute atomic E-state index is 0.0328. The number of carbonyl (C=O) groups excluding carboxylic acids is 1. The Morgan fingerprint density at radius 3 is 2.52 bits per heavy atom. The zero-order chi connectivity index (χ0) is 19.3. The van der Waals surface area contributed by atoms with E-state index in [-0.39, 0.29) is 17.9 Å². The average Bonchev–Trinajstić information content (AvgIpc) is 2.69. The summed E-state index contributed by atoms with van der Waals surface area (Å²) in [6, 6.07) is 14.5. The van der Waals surface area contributed by atoms with Crippen LogP contribution in [0.25, 0.3) is 0 Å². The van der Waals surface area contributed by atoms with Gasteiger partial charge in [-0.1, -0.05) is 36.4 Å². The summed E-state index contributed by atoms with van der Waals surface area (Å²) in [5, 5.41) is 3.09. The van der Waals surface area contributed by atoms with Crippen molar-refractivity contribution in [2.24, 2.45) is 0 Å². The van der Waals surface area contributed by atoms with Crippen LogP contribution in [-0.4, -0.2) is 32.3 Å². The maximum absolute atomic E-state index is 12.4. The standard InChI is InChI=1S/C23H29NO3/c1-17-13-18(2)19(3)21(14-17)27-15-22(25)24-16-23(9-11-26-12-10-23)20-7-5-4-6-8-20/h4-8,13-14H,9-12,15-16H2,1-3H3,(H,24,25). The van der Waals surface area contributed by atoms with Crippen molar-refractivity contribution in [3.63, 3.8) is 0 Å². The summed E-state index contributed by atoms with van der Waals surface area (Å²) in [4.78, 5) is 12.4. The van der Waals surface area contributed by atoms with Crippen LogP contribution in [0, 0.1) is 20.8 Å². The second-order valence-electron chi connectivity index (χ2n) is 7.53. The van der Waals surface area contributed by atoms with E-state index in [0.717, 1.165) is 42.9 Å². The first-order valence-corrected chi connectivity index (χ1v) is 9.61. The van der Waals surface area contributed by atoms with E-state index < -0.39 is 0 Å². The van der Waals surface area contributed by atoms with Crippen LogP contribution in [0.3, 0.4) is 0 Å². The first-order valence-electron chi connectivity index (χ1n) is 9.61. The number of aryl methyl sites for hydroxylation is 2. The quantitative estimate of drug-likeness (QED) is 0.843. The molecule has 2 aromatic carbocycles. The molecule has 0 spiro atoms. The van der Waals surface area contributed by atoms with Crippen molar-refractivity contribution < 1.29 is 14.3 Å². The number of hydrogen-bond acceptors (Lipinski definition) is 3. The van der Waals surface area contributed by atoms with Crippen LogP contribution in [0.1, 0.15) is 35.1 Å². The highest BCUT2D eigenvalue weighted by Crippen LogP contribution is 2.34. The lowest BCUT2D eigenvalue weighted by Crippen LogP contribution is -2.45. The van der Waals surface area contributed by atoms with E-state index in [4.69, 9.17) is 9.47 Å². The molecular weight excluding hydrogens is 338 g/mol. The van der Waals surface area contributed by atoms with Crippen LogP contribution < -0.4 is 10.1 Å². The van der Waals surface area contributed by atoms with Gasteiger partial charge >= 0.3 is 0 Å². The van der Waals surface area contributed by atoms with Crippen LogP contribution in [0.2, 0.25) is 0 Å². The summed E-state index contributed by atoms with van der Waals surface area (Å²) >= 11 is 0. The van der Waals surface area contributed by atoms with Crippen molar-refractivity contribution >= 4 is 5.91 Å². The van der Waals surface area contributed by atoms with Crippen LogP contribution in [0.15, 0.2) is 42.5 Å². The van der Waals surface area contributed by atoms with Gasteiger partial charge in [0.05, 0.1) is 0 Å². The normalized spacial score (nSPS) is 16.0. The molecule has 1 amide bonds. The van der Waals surface area contributed by atoms with Crippen molar-refractivity contribution in [2.75, 3.05) is 26.4 Å². The second-order valence-corrected chi connectivity index (χ2v) is 7.53. The Morgan fingerprint density at radius 2 is 1.81 bits per heavy atom. The molecule has 0 radical (unpaired) electrons. The Labute approximate surface area is 161 Å². The van der Waals surface area contributed by atoms with E-state index in [9.17, 15) is 4.79 Å². The van der Waals surface area contributed by atoms with Gasteiger partial charge < -0.3 is 14.8 Å². The Balaban J connectivity index is 1.62. The molecule has 2 aromatic rings. The molecule has 0 unspecified atom stereocenters. The highest BCUT2D eigenvalue weighted by Gasteiger charge is 2.34. The van der Waals surface area contributed by atoms with Crippen molar-refractivity contribution in [1.82, 2.24) is 5.32 Å². The predicted molar refractivity (Wildman–Crippen MR) is 107 cm³/mol. The predicted octanol–water partition coefficient (Wildman–Crippen LogP) is 3.86. The second kappa shape index (κ2) is 8.57. The van der Waals surface area contributed by atoms with Crippen molar-refractivity contribution in [2.45, 2.75) is 39.0 Å². The summed E-state index contributed by atoms with van der Waals surface area (Å²) in [6.45, 7) is 8.21. The third kappa shape index (κ3) is 4.69. The van der Waals surface area contributed by atoms with E-state index >= 15 is 0 Å². The number of benzene rings is 2. The Hall–Kier alpha value is -2.33. The Morgan fingerprint density at radius 1 is 1.11 bits per heavy atom. The minimum atomic E-state index is -0.0876. The van der Waals surface area contributed by atoms with Gasteiger partial charge in [-0.3, -0.25) is 4.79 Å². The molecule has 0 bridgehead atoms. The SMILES string of the molecule is Cc1cc(C)c(C)c(OCC(=O)NCC2(c3ccccc3)CCOCC2)c1. The highest BCUT2D eigenvalue weighted by atomic mass is 16.5.